The van der Waals surface area contributed by atoms with E-state index in [0.717, 1.165) is 23.4 Å². The number of nitrogens with two attached hydrogens (primary N) is 1. The van der Waals surface area contributed by atoms with Gasteiger partial charge in [-0.2, -0.15) is 18.3 Å². The third-order valence-electron chi connectivity index (χ3n) is 3.36. The zero-order valence-electron chi connectivity index (χ0n) is 12.4. The van der Waals surface area contributed by atoms with Crippen LogP contribution in [-0.2, 0) is 19.0 Å². The van der Waals surface area contributed by atoms with Gasteiger partial charge in [-0.3, -0.25) is 0 Å². The molecule has 1 aromatic heterocycles. The summed E-state index contributed by atoms with van der Waals surface area (Å²) in [7, 11) is 1.47. The number of nitrogens with zero attached hydrogens (tertiary/aromatic N) is 2. The minimum atomic E-state index is -4.40. The minimum absolute atomic E-state index is 0.310. The second-order valence-corrected chi connectivity index (χ2v) is 4.79. The van der Waals surface area contributed by atoms with Crippen molar-refractivity contribution in [3.63, 3.8) is 0 Å². The monoisotopic (exact) mass is 313 g/mol. The predicted molar refractivity (Wildman–Crippen MR) is 77.3 cm³/mol. The van der Waals surface area contributed by atoms with Crippen LogP contribution in [0.25, 0.3) is 5.69 Å². The maximum Gasteiger partial charge on any atom is 0.416 e. The molecule has 0 aliphatic rings. The fourth-order valence-corrected chi connectivity index (χ4v) is 2.36. The van der Waals surface area contributed by atoms with Crippen LogP contribution in [0.1, 0.15) is 23.7 Å². The van der Waals surface area contributed by atoms with Gasteiger partial charge in [0.05, 0.1) is 24.1 Å². The molecule has 2 rings (SSSR count). The summed E-state index contributed by atoms with van der Waals surface area (Å²) in [5, 5.41) is 4.38. The molecule has 0 aliphatic heterocycles. The number of aromatic nitrogens is 2. The number of alkyl halides is 3. The fourth-order valence-electron chi connectivity index (χ4n) is 2.36. The third kappa shape index (κ3) is 3.09. The van der Waals surface area contributed by atoms with Crippen molar-refractivity contribution in [2.24, 2.45) is 5.73 Å². The number of rotatable bonds is 5. The maximum absolute atomic E-state index is 12.9. The van der Waals surface area contributed by atoms with Crippen molar-refractivity contribution in [3.8, 4) is 11.6 Å². The Bertz CT molecular complexity index is 650. The molecule has 120 valence electrons. The molecular weight excluding hydrogens is 295 g/mol. The summed E-state index contributed by atoms with van der Waals surface area (Å²) in [6.07, 6.45) is -3.19. The van der Waals surface area contributed by atoms with Crippen LogP contribution in [0.3, 0.4) is 0 Å². The first kappa shape index (κ1) is 16.4. The van der Waals surface area contributed by atoms with Crippen LogP contribution < -0.4 is 10.5 Å². The number of ether oxygens (including phenoxy) is 1. The highest BCUT2D eigenvalue weighted by molar-refractivity contribution is 5.44. The number of hydrogen-bond donors (Lipinski definition) is 1. The van der Waals surface area contributed by atoms with E-state index in [2.05, 4.69) is 5.10 Å². The standard InChI is InChI=1S/C15H18F3N3O/c1-3-13-12(7-8-19)14(22-2)21(20-13)11-6-4-5-10(9-11)15(16,17)18/h4-6,9H,3,7-8,19H2,1-2H3. The summed E-state index contributed by atoms with van der Waals surface area (Å²) < 4.78 is 45.3. The molecule has 7 heteroatoms. The van der Waals surface area contributed by atoms with Crippen molar-refractivity contribution in [2.75, 3.05) is 13.7 Å². The van der Waals surface area contributed by atoms with Crippen molar-refractivity contribution in [3.05, 3.63) is 41.1 Å². The molecule has 2 aromatic rings. The van der Waals surface area contributed by atoms with Gasteiger partial charge in [-0.1, -0.05) is 13.0 Å². The van der Waals surface area contributed by atoms with Crippen molar-refractivity contribution >= 4 is 0 Å². The van der Waals surface area contributed by atoms with Gasteiger partial charge in [0.25, 0.3) is 0 Å². The Morgan fingerprint density at radius 1 is 1.32 bits per heavy atom. The van der Waals surface area contributed by atoms with Gasteiger partial charge in [0.1, 0.15) is 0 Å². The van der Waals surface area contributed by atoms with E-state index < -0.39 is 11.7 Å². The molecule has 22 heavy (non-hydrogen) atoms. The first-order valence-corrected chi connectivity index (χ1v) is 6.94. The molecule has 0 atom stereocenters. The molecule has 0 bridgehead atoms. The van der Waals surface area contributed by atoms with E-state index in [1.165, 1.54) is 17.9 Å². The molecule has 1 aromatic carbocycles. The van der Waals surface area contributed by atoms with Crippen LogP contribution in [-0.4, -0.2) is 23.4 Å². The Morgan fingerprint density at radius 2 is 2.05 bits per heavy atom. The van der Waals surface area contributed by atoms with Crippen LogP contribution in [0.4, 0.5) is 13.2 Å². The fraction of sp³-hybridized carbons (Fsp3) is 0.400. The summed E-state index contributed by atoms with van der Waals surface area (Å²) in [5.74, 6) is 0.432. The highest BCUT2D eigenvalue weighted by Gasteiger charge is 2.31. The molecule has 0 amide bonds. The molecule has 0 saturated heterocycles. The van der Waals surface area contributed by atoms with E-state index in [1.807, 2.05) is 6.92 Å². The topological polar surface area (TPSA) is 53.1 Å². The van der Waals surface area contributed by atoms with Crippen molar-refractivity contribution in [2.45, 2.75) is 25.9 Å². The first-order chi connectivity index (χ1) is 10.4. The van der Waals surface area contributed by atoms with E-state index in [4.69, 9.17) is 10.5 Å². The van der Waals surface area contributed by atoms with Gasteiger partial charge < -0.3 is 10.5 Å². The molecule has 0 spiro atoms. The normalized spacial score (nSPS) is 11.7. The van der Waals surface area contributed by atoms with Crippen LogP contribution in [0.15, 0.2) is 24.3 Å². The van der Waals surface area contributed by atoms with Crippen LogP contribution >= 0.6 is 0 Å². The summed E-state index contributed by atoms with van der Waals surface area (Å²) in [5.41, 5.74) is 6.80. The molecule has 0 radical (unpaired) electrons. The third-order valence-corrected chi connectivity index (χ3v) is 3.36. The maximum atomic E-state index is 12.9. The lowest BCUT2D eigenvalue weighted by atomic mass is 10.1. The average Bonchev–Trinajstić information content (AvgIpc) is 2.84. The highest BCUT2D eigenvalue weighted by atomic mass is 19.4. The zero-order chi connectivity index (χ0) is 16.3. The smallest absolute Gasteiger partial charge is 0.416 e. The van der Waals surface area contributed by atoms with Gasteiger partial charge in [0, 0.05) is 5.56 Å². The molecular formula is C15H18F3N3O. The molecule has 1 heterocycles. The minimum Gasteiger partial charge on any atom is -0.481 e. The summed E-state index contributed by atoms with van der Waals surface area (Å²) in [6.45, 7) is 2.34. The van der Waals surface area contributed by atoms with Gasteiger partial charge in [-0.15, -0.1) is 0 Å². The first-order valence-electron chi connectivity index (χ1n) is 6.94. The Balaban J connectivity index is 2.57. The Kier molecular flexibility index (Phi) is 4.75. The predicted octanol–water partition coefficient (Wildman–Crippen LogP) is 2.96. The number of methoxy groups -OCH3 is 1. The van der Waals surface area contributed by atoms with Gasteiger partial charge in [0.2, 0.25) is 5.88 Å². The summed E-state index contributed by atoms with van der Waals surface area (Å²) in [6, 6.07) is 5.01. The van der Waals surface area contributed by atoms with Crippen LogP contribution in [0, 0.1) is 0 Å². The number of halogens is 3. The SMILES string of the molecule is CCc1nn(-c2cccc(C(F)(F)F)c2)c(OC)c1CCN. The largest absolute Gasteiger partial charge is 0.481 e. The lowest BCUT2D eigenvalue weighted by Gasteiger charge is -2.11. The Labute approximate surface area is 126 Å². The zero-order valence-corrected chi connectivity index (χ0v) is 12.4. The molecule has 2 N–H and O–H groups in total. The van der Waals surface area contributed by atoms with Gasteiger partial charge >= 0.3 is 6.18 Å². The van der Waals surface area contributed by atoms with Crippen LogP contribution in [0.2, 0.25) is 0 Å². The van der Waals surface area contributed by atoms with E-state index in [-0.39, 0.29) is 0 Å². The second kappa shape index (κ2) is 6.39. The number of hydrogen-bond acceptors (Lipinski definition) is 3. The van der Waals surface area contributed by atoms with E-state index in [0.29, 0.717) is 31.0 Å². The van der Waals surface area contributed by atoms with E-state index in [9.17, 15) is 13.2 Å². The molecule has 0 saturated carbocycles. The molecule has 0 aliphatic carbocycles. The molecule has 4 nitrogen and oxygen atoms in total. The van der Waals surface area contributed by atoms with Crippen molar-refractivity contribution in [1.82, 2.24) is 9.78 Å². The van der Waals surface area contributed by atoms with E-state index >= 15 is 0 Å². The van der Waals surface area contributed by atoms with E-state index in [1.54, 1.807) is 6.07 Å². The Hall–Kier alpha value is -2.02. The van der Waals surface area contributed by atoms with Gasteiger partial charge in [0.15, 0.2) is 0 Å². The highest BCUT2D eigenvalue weighted by Crippen LogP contribution is 2.32. The van der Waals surface area contributed by atoms with Crippen molar-refractivity contribution in [1.29, 1.82) is 0 Å². The summed E-state index contributed by atoms with van der Waals surface area (Å²) in [4.78, 5) is 0. The second-order valence-electron chi connectivity index (χ2n) is 4.79. The number of aryl methyl sites for hydroxylation is 1. The van der Waals surface area contributed by atoms with Gasteiger partial charge in [-0.05, 0) is 37.6 Å². The van der Waals surface area contributed by atoms with Crippen molar-refractivity contribution < 1.29 is 17.9 Å². The molecule has 0 fully saturated rings. The quantitative estimate of drug-likeness (QED) is 0.923. The lowest BCUT2D eigenvalue weighted by molar-refractivity contribution is -0.137. The number of benzene rings is 1. The lowest BCUT2D eigenvalue weighted by Crippen LogP contribution is -2.08. The van der Waals surface area contributed by atoms with Crippen LogP contribution in [0.5, 0.6) is 5.88 Å². The Morgan fingerprint density at radius 3 is 2.59 bits per heavy atom. The summed E-state index contributed by atoms with van der Waals surface area (Å²) >= 11 is 0. The molecule has 0 unspecified atom stereocenters. The average molecular weight is 313 g/mol. The van der Waals surface area contributed by atoms with Gasteiger partial charge in [-0.25, -0.2) is 4.68 Å².